The molecular formula is C17H26O3Si2. The van der Waals surface area contributed by atoms with Gasteiger partial charge in [-0.1, -0.05) is 69.6 Å². The summed E-state index contributed by atoms with van der Waals surface area (Å²) >= 11 is 0. The first-order valence-electron chi connectivity index (χ1n) is 7.53. The summed E-state index contributed by atoms with van der Waals surface area (Å²) in [5.74, 6) is 1.82. The van der Waals surface area contributed by atoms with Crippen molar-refractivity contribution in [1.29, 1.82) is 0 Å². The summed E-state index contributed by atoms with van der Waals surface area (Å²) in [6, 6.07) is 9.60. The lowest BCUT2D eigenvalue weighted by Gasteiger charge is -2.32. The number of esters is 1. The molecule has 1 rings (SSSR count). The minimum Gasteiger partial charge on any atom is -0.461 e. The fourth-order valence-corrected chi connectivity index (χ4v) is 7.97. The second-order valence-electron chi connectivity index (χ2n) is 7.66. The first-order valence-corrected chi connectivity index (χ1v) is 14.6. The molecular weight excluding hydrogens is 308 g/mol. The van der Waals surface area contributed by atoms with Crippen LogP contribution in [0.2, 0.25) is 44.8 Å². The highest BCUT2D eigenvalue weighted by atomic mass is 28.3. The Morgan fingerprint density at radius 3 is 2.05 bits per heavy atom. The van der Waals surface area contributed by atoms with Crippen LogP contribution >= 0.6 is 0 Å². The average Bonchev–Trinajstić information content (AvgIpc) is 2.40. The van der Waals surface area contributed by atoms with Gasteiger partial charge < -0.3 is 4.74 Å². The Morgan fingerprint density at radius 1 is 1.09 bits per heavy atom. The van der Waals surface area contributed by atoms with Crippen LogP contribution in [0.5, 0.6) is 0 Å². The molecule has 0 saturated heterocycles. The monoisotopic (exact) mass is 334 g/mol. The molecule has 0 spiro atoms. The van der Waals surface area contributed by atoms with Crippen molar-refractivity contribution in [2.75, 3.05) is 0 Å². The smallest absolute Gasteiger partial charge is 0.310 e. The fourth-order valence-electron chi connectivity index (χ4n) is 2.36. The van der Waals surface area contributed by atoms with Crippen LogP contribution in [-0.2, 0) is 20.9 Å². The Kier molecular flexibility index (Phi) is 6.11. The van der Waals surface area contributed by atoms with E-state index in [0.717, 1.165) is 5.56 Å². The van der Waals surface area contributed by atoms with E-state index in [9.17, 15) is 9.59 Å². The third-order valence-corrected chi connectivity index (χ3v) is 8.08. The fraction of sp³-hybridized carbons (Fsp3) is 0.471. The molecule has 0 aromatic heterocycles. The topological polar surface area (TPSA) is 43.4 Å². The number of carbonyl (C=O) groups excluding carboxylic acids is 2. The molecule has 1 aromatic rings. The first kappa shape index (κ1) is 18.6. The summed E-state index contributed by atoms with van der Waals surface area (Å²) in [4.78, 5) is 24.2. The molecule has 0 aliphatic rings. The SMILES string of the molecule is C[Si](C)(C)C(=C=O)C(C(=O)OCc1ccccc1)[Si](C)(C)C. The van der Waals surface area contributed by atoms with Gasteiger partial charge in [-0.3, -0.25) is 4.79 Å². The Bertz CT molecular complexity index is 562. The Balaban J connectivity index is 2.98. The van der Waals surface area contributed by atoms with Crippen molar-refractivity contribution in [1.82, 2.24) is 0 Å². The van der Waals surface area contributed by atoms with Crippen LogP contribution < -0.4 is 0 Å². The van der Waals surface area contributed by atoms with Crippen molar-refractivity contribution in [3.8, 4) is 0 Å². The molecule has 5 heteroatoms. The van der Waals surface area contributed by atoms with E-state index in [-0.39, 0.29) is 12.6 Å². The van der Waals surface area contributed by atoms with Gasteiger partial charge in [0.05, 0.1) is 21.7 Å². The van der Waals surface area contributed by atoms with Crippen molar-refractivity contribution >= 4 is 28.1 Å². The van der Waals surface area contributed by atoms with E-state index in [4.69, 9.17) is 4.74 Å². The molecule has 0 saturated carbocycles. The molecule has 3 nitrogen and oxygen atoms in total. The minimum atomic E-state index is -1.92. The molecule has 0 fully saturated rings. The summed E-state index contributed by atoms with van der Waals surface area (Å²) in [5, 5.41) is 0.657. The Hall–Kier alpha value is -1.43. The van der Waals surface area contributed by atoms with E-state index in [1.807, 2.05) is 30.3 Å². The van der Waals surface area contributed by atoms with Gasteiger partial charge in [0.15, 0.2) is 0 Å². The van der Waals surface area contributed by atoms with Gasteiger partial charge in [0.25, 0.3) is 0 Å². The first-order chi connectivity index (χ1) is 10.1. The van der Waals surface area contributed by atoms with Crippen LogP contribution in [0.1, 0.15) is 5.56 Å². The predicted octanol–water partition coefficient (Wildman–Crippen LogP) is 4.07. The average molecular weight is 335 g/mol. The molecule has 0 aliphatic carbocycles. The van der Waals surface area contributed by atoms with Gasteiger partial charge >= 0.3 is 5.97 Å². The van der Waals surface area contributed by atoms with Gasteiger partial charge in [-0.15, -0.1) is 0 Å². The van der Waals surface area contributed by atoms with Crippen LogP contribution in [0.3, 0.4) is 0 Å². The lowest BCUT2D eigenvalue weighted by Crippen LogP contribution is -2.43. The van der Waals surface area contributed by atoms with E-state index in [0.29, 0.717) is 5.20 Å². The maximum absolute atomic E-state index is 12.6. The van der Waals surface area contributed by atoms with Gasteiger partial charge in [-0.2, -0.15) is 0 Å². The van der Waals surface area contributed by atoms with Crippen LogP contribution in [-0.4, -0.2) is 28.1 Å². The Labute approximate surface area is 135 Å². The molecule has 120 valence electrons. The predicted molar refractivity (Wildman–Crippen MR) is 95.9 cm³/mol. The number of ether oxygens (including phenoxy) is 1. The molecule has 1 aromatic carbocycles. The van der Waals surface area contributed by atoms with Crippen molar-refractivity contribution in [2.45, 2.75) is 51.4 Å². The zero-order valence-corrected chi connectivity index (χ0v) is 16.4. The van der Waals surface area contributed by atoms with E-state index in [1.165, 1.54) is 0 Å². The van der Waals surface area contributed by atoms with Crippen LogP contribution in [0.25, 0.3) is 0 Å². The molecule has 0 bridgehead atoms. The highest BCUT2D eigenvalue weighted by molar-refractivity contribution is 6.90. The van der Waals surface area contributed by atoms with Crippen molar-refractivity contribution in [3.05, 3.63) is 41.1 Å². The molecule has 1 atom stereocenters. The second-order valence-corrected chi connectivity index (χ2v) is 18.0. The highest BCUT2D eigenvalue weighted by Gasteiger charge is 2.42. The van der Waals surface area contributed by atoms with Crippen LogP contribution in [0.15, 0.2) is 35.5 Å². The zero-order valence-electron chi connectivity index (χ0n) is 14.4. The molecule has 0 heterocycles. The lowest BCUT2D eigenvalue weighted by atomic mass is 10.2. The second kappa shape index (κ2) is 7.22. The quantitative estimate of drug-likeness (QED) is 0.447. The largest absolute Gasteiger partial charge is 0.461 e. The third-order valence-electron chi connectivity index (χ3n) is 3.53. The maximum Gasteiger partial charge on any atom is 0.310 e. The van der Waals surface area contributed by atoms with Gasteiger partial charge in [0, 0.05) is 5.20 Å². The molecule has 1 unspecified atom stereocenters. The lowest BCUT2D eigenvalue weighted by molar-refractivity contribution is -0.144. The standard InChI is InChI=1S/C17H26O3Si2/c1-21(2,3)15(12-18)16(22(4,5)6)17(19)20-13-14-10-8-7-9-11-14/h7-11,16H,13H2,1-6H3. The Morgan fingerprint density at radius 2 is 1.64 bits per heavy atom. The zero-order chi connectivity index (χ0) is 17.0. The summed E-state index contributed by atoms with van der Waals surface area (Å²) in [7, 11) is -3.82. The van der Waals surface area contributed by atoms with Gasteiger partial charge in [0.2, 0.25) is 0 Å². The summed E-state index contributed by atoms with van der Waals surface area (Å²) in [5.41, 5.74) is 0.551. The normalized spacial score (nSPS) is 13.2. The molecule has 0 radical (unpaired) electrons. The summed E-state index contributed by atoms with van der Waals surface area (Å²) in [6.45, 7) is 12.8. The van der Waals surface area contributed by atoms with Crippen molar-refractivity contribution < 1.29 is 14.3 Å². The molecule has 22 heavy (non-hydrogen) atoms. The number of benzene rings is 1. The number of hydrogen-bond donors (Lipinski definition) is 0. The molecule has 0 N–H and O–H groups in total. The summed E-state index contributed by atoms with van der Waals surface area (Å²) < 4.78 is 5.51. The number of carbonyl (C=O) groups is 1. The van der Waals surface area contributed by atoms with E-state index in [2.05, 4.69) is 45.2 Å². The minimum absolute atomic E-state index is 0.249. The highest BCUT2D eigenvalue weighted by Crippen LogP contribution is 2.35. The van der Waals surface area contributed by atoms with Gasteiger partial charge in [-0.05, 0) is 5.56 Å². The van der Waals surface area contributed by atoms with E-state index < -0.39 is 21.7 Å². The van der Waals surface area contributed by atoms with Crippen molar-refractivity contribution in [3.63, 3.8) is 0 Å². The number of rotatable bonds is 6. The van der Waals surface area contributed by atoms with Gasteiger partial charge in [0.1, 0.15) is 12.5 Å². The van der Waals surface area contributed by atoms with E-state index >= 15 is 0 Å². The van der Waals surface area contributed by atoms with E-state index in [1.54, 1.807) is 0 Å². The number of hydrogen-bond acceptors (Lipinski definition) is 3. The van der Waals surface area contributed by atoms with Crippen LogP contribution in [0, 0.1) is 0 Å². The van der Waals surface area contributed by atoms with Crippen molar-refractivity contribution in [2.24, 2.45) is 0 Å². The van der Waals surface area contributed by atoms with Crippen LogP contribution in [0.4, 0.5) is 0 Å². The third kappa shape index (κ3) is 5.09. The molecule has 0 amide bonds. The summed E-state index contributed by atoms with van der Waals surface area (Å²) in [6.07, 6.45) is 0. The maximum atomic E-state index is 12.6. The van der Waals surface area contributed by atoms with Gasteiger partial charge in [-0.25, -0.2) is 4.79 Å². The molecule has 0 aliphatic heterocycles.